The third-order valence-electron chi connectivity index (χ3n) is 2.41. The number of carbonyl (C=O) groups excluding carboxylic acids is 1. The molecule has 0 bridgehead atoms. The Hall–Kier alpha value is -1.95. The van der Waals surface area contributed by atoms with Gasteiger partial charge in [0.2, 0.25) is 0 Å². The highest BCUT2D eigenvalue weighted by molar-refractivity contribution is 7.15. The molecule has 0 aromatic carbocycles. The fourth-order valence-corrected chi connectivity index (χ4v) is 2.42. The van der Waals surface area contributed by atoms with E-state index >= 15 is 0 Å². The number of urea groups is 1. The molecule has 0 unspecified atom stereocenters. The van der Waals surface area contributed by atoms with Crippen molar-refractivity contribution in [2.24, 2.45) is 5.73 Å². The summed E-state index contributed by atoms with van der Waals surface area (Å²) in [4.78, 5) is 22.3. The Bertz CT molecular complexity index is 538. The van der Waals surface area contributed by atoms with E-state index in [1.807, 2.05) is 0 Å². The molecular weight excluding hydrogens is 248 g/mol. The summed E-state index contributed by atoms with van der Waals surface area (Å²) < 4.78 is 0. The predicted octanol–water partition coefficient (Wildman–Crippen LogP) is 2.88. The summed E-state index contributed by atoms with van der Waals surface area (Å²) in [6, 6.07) is 2.90. The number of amides is 2. The smallest absolute Gasteiger partial charge is 0.325 e. The van der Waals surface area contributed by atoms with Gasteiger partial charge in [0.1, 0.15) is 0 Å². The van der Waals surface area contributed by atoms with E-state index in [0.717, 1.165) is 4.88 Å². The van der Waals surface area contributed by atoms with Crippen LogP contribution in [0, 0.1) is 0 Å². The van der Waals surface area contributed by atoms with Crippen LogP contribution in [0.3, 0.4) is 0 Å². The molecule has 2 aromatic rings. The number of aromatic nitrogens is 2. The number of hydrogen-bond donors (Lipinski definition) is 1. The van der Waals surface area contributed by atoms with Crippen LogP contribution < -0.4 is 10.6 Å². The van der Waals surface area contributed by atoms with Crippen molar-refractivity contribution in [1.82, 2.24) is 9.97 Å². The summed E-state index contributed by atoms with van der Waals surface area (Å²) in [5.74, 6) is 0.378. The van der Waals surface area contributed by atoms with Gasteiger partial charge in [-0.2, -0.15) is 0 Å². The molecule has 0 aliphatic rings. The van der Waals surface area contributed by atoms with Gasteiger partial charge in [0.05, 0.1) is 5.69 Å². The molecule has 0 saturated heterocycles. The zero-order valence-corrected chi connectivity index (χ0v) is 11.0. The van der Waals surface area contributed by atoms with Gasteiger partial charge in [-0.3, -0.25) is 4.98 Å². The maximum Gasteiger partial charge on any atom is 0.325 e. The number of nitrogens with two attached hydrogens (primary N) is 1. The Labute approximate surface area is 109 Å². The first kappa shape index (κ1) is 12.5. The van der Waals surface area contributed by atoms with Gasteiger partial charge in [-0.1, -0.05) is 13.8 Å². The van der Waals surface area contributed by atoms with Crippen LogP contribution in [0.4, 0.5) is 15.6 Å². The van der Waals surface area contributed by atoms with E-state index in [1.165, 1.54) is 16.2 Å². The SMILES string of the molecule is CC(C)c1cnc(N(C(N)=O)c2ccncc2)s1. The molecule has 94 valence electrons. The number of rotatable bonds is 3. The van der Waals surface area contributed by atoms with Crippen LogP contribution in [0.5, 0.6) is 0 Å². The highest BCUT2D eigenvalue weighted by atomic mass is 32.1. The van der Waals surface area contributed by atoms with Crippen LogP contribution in [0.1, 0.15) is 24.6 Å². The average molecular weight is 262 g/mol. The van der Waals surface area contributed by atoms with Crippen molar-refractivity contribution in [2.45, 2.75) is 19.8 Å². The van der Waals surface area contributed by atoms with E-state index in [-0.39, 0.29) is 0 Å². The van der Waals surface area contributed by atoms with E-state index in [0.29, 0.717) is 16.7 Å². The molecule has 2 amide bonds. The van der Waals surface area contributed by atoms with Gasteiger partial charge < -0.3 is 5.73 Å². The Morgan fingerprint density at radius 1 is 1.39 bits per heavy atom. The highest BCUT2D eigenvalue weighted by Gasteiger charge is 2.19. The normalized spacial score (nSPS) is 10.6. The minimum absolute atomic E-state index is 0.378. The minimum Gasteiger partial charge on any atom is -0.351 e. The quantitative estimate of drug-likeness (QED) is 0.924. The molecule has 5 nitrogen and oxygen atoms in total. The van der Waals surface area contributed by atoms with Gasteiger partial charge >= 0.3 is 6.03 Å². The molecule has 2 heterocycles. The second-order valence-corrected chi connectivity index (χ2v) is 5.12. The summed E-state index contributed by atoms with van der Waals surface area (Å²) in [6.07, 6.45) is 5.01. The van der Waals surface area contributed by atoms with Crippen molar-refractivity contribution in [2.75, 3.05) is 4.90 Å². The van der Waals surface area contributed by atoms with E-state index in [2.05, 4.69) is 23.8 Å². The Morgan fingerprint density at radius 2 is 2.06 bits per heavy atom. The van der Waals surface area contributed by atoms with E-state index < -0.39 is 6.03 Å². The number of thiazole rings is 1. The molecule has 0 atom stereocenters. The summed E-state index contributed by atoms with van der Waals surface area (Å²) in [5.41, 5.74) is 6.09. The Morgan fingerprint density at radius 3 is 2.56 bits per heavy atom. The molecule has 0 saturated carbocycles. The van der Waals surface area contributed by atoms with Gasteiger partial charge in [0.15, 0.2) is 5.13 Å². The first-order chi connectivity index (χ1) is 8.59. The van der Waals surface area contributed by atoms with Crippen molar-refractivity contribution in [3.05, 3.63) is 35.6 Å². The number of hydrogen-bond acceptors (Lipinski definition) is 4. The summed E-state index contributed by atoms with van der Waals surface area (Å²) >= 11 is 1.47. The average Bonchev–Trinajstić information content (AvgIpc) is 2.79. The van der Waals surface area contributed by atoms with E-state index in [4.69, 9.17) is 5.73 Å². The van der Waals surface area contributed by atoms with Gasteiger partial charge in [-0.15, -0.1) is 11.3 Å². The van der Waals surface area contributed by atoms with Gasteiger partial charge in [-0.05, 0) is 18.1 Å². The predicted molar refractivity (Wildman–Crippen MR) is 72.2 cm³/mol. The molecule has 0 radical (unpaired) electrons. The largest absolute Gasteiger partial charge is 0.351 e. The van der Waals surface area contributed by atoms with Gasteiger partial charge in [-0.25, -0.2) is 14.7 Å². The maximum absolute atomic E-state index is 11.6. The molecule has 0 fully saturated rings. The third kappa shape index (κ3) is 2.48. The topological polar surface area (TPSA) is 72.1 Å². The summed E-state index contributed by atoms with van der Waals surface area (Å²) in [6.45, 7) is 4.16. The second-order valence-electron chi connectivity index (χ2n) is 4.08. The fraction of sp³-hybridized carbons (Fsp3) is 0.250. The maximum atomic E-state index is 11.6. The molecule has 0 spiro atoms. The zero-order chi connectivity index (χ0) is 13.1. The molecule has 2 aromatic heterocycles. The van der Waals surface area contributed by atoms with Crippen LogP contribution >= 0.6 is 11.3 Å². The van der Waals surface area contributed by atoms with Crippen LogP contribution in [0.2, 0.25) is 0 Å². The first-order valence-electron chi connectivity index (χ1n) is 5.55. The van der Waals surface area contributed by atoms with E-state index in [1.54, 1.807) is 30.7 Å². The van der Waals surface area contributed by atoms with Gasteiger partial charge in [0.25, 0.3) is 0 Å². The first-order valence-corrected chi connectivity index (χ1v) is 6.36. The van der Waals surface area contributed by atoms with E-state index in [9.17, 15) is 4.79 Å². The van der Waals surface area contributed by atoms with Crippen LogP contribution in [0.25, 0.3) is 0 Å². The summed E-state index contributed by atoms with van der Waals surface area (Å²) in [5, 5.41) is 0.581. The van der Waals surface area contributed by atoms with Gasteiger partial charge in [0, 0.05) is 23.5 Å². The van der Waals surface area contributed by atoms with Crippen LogP contribution in [0.15, 0.2) is 30.7 Å². The molecule has 2 N–H and O–H groups in total. The molecule has 6 heteroatoms. The molecular formula is C12H14N4OS. The lowest BCUT2D eigenvalue weighted by atomic mass is 10.2. The number of anilines is 2. The monoisotopic (exact) mass is 262 g/mol. The van der Waals surface area contributed by atoms with Crippen molar-refractivity contribution >= 4 is 28.2 Å². The molecule has 18 heavy (non-hydrogen) atoms. The lowest BCUT2D eigenvalue weighted by Gasteiger charge is -2.16. The van der Waals surface area contributed by atoms with Crippen molar-refractivity contribution in [1.29, 1.82) is 0 Å². The second kappa shape index (κ2) is 5.14. The number of carbonyl (C=O) groups is 1. The molecule has 2 rings (SSSR count). The minimum atomic E-state index is -0.550. The third-order valence-corrected chi connectivity index (χ3v) is 3.70. The molecule has 0 aliphatic heterocycles. The van der Waals surface area contributed by atoms with Crippen molar-refractivity contribution < 1.29 is 4.79 Å². The Balaban J connectivity index is 2.39. The Kier molecular flexibility index (Phi) is 3.57. The number of primary amides is 1. The fourth-order valence-electron chi connectivity index (χ4n) is 1.47. The number of nitrogens with zero attached hydrogens (tertiary/aromatic N) is 3. The highest BCUT2D eigenvalue weighted by Crippen LogP contribution is 2.32. The zero-order valence-electron chi connectivity index (χ0n) is 10.2. The number of pyridine rings is 1. The van der Waals surface area contributed by atoms with Crippen LogP contribution in [-0.4, -0.2) is 16.0 Å². The van der Waals surface area contributed by atoms with Crippen molar-refractivity contribution in [3.8, 4) is 0 Å². The standard InChI is InChI=1S/C12H14N4OS/c1-8(2)10-7-15-12(18-10)16(11(13)17)9-3-5-14-6-4-9/h3-8H,1-2H3,(H2,13,17). The molecule has 0 aliphatic carbocycles. The lowest BCUT2D eigenvalue weighted by Crippen LogP contribution is -2.31. The summed E-state index contributed by atoms with van der Waals surface area (Å²) in [7, 11) is 0. The van der Waals surface area contributed by atoms with Crippen LogP contribution in [-0.2, 0) is 0 Å². The van der Waals surface area contributed by atoms with Crippen molar-refractivity contribution in [3.63, 3.8) is 0 Å². The lowest BCUT2D eigenvalue weighted by molar-refractivity contribution is 0.256.